The summed E-state index contributed by atoms with van der Waals surface area (Å²) in [6.07, 6.45) is 1.71. The van der Waals surface area contributed by atoms with Crippen molar-refractivity contribution in [1.82, 2.24) is 15.0 Å². The van der Waals surface area contributed by atoms with Gasteiger partial charge in [-0.2, -0.15) is 0 Å². The van der Waals surface area contributed by atoms with Crippen molar-refractivity contribution in [3.63, 3.8) is 0 Å². The molecule has 2 heterocycles. The fraction of sp³-hybridized carbons (Fsp3) is 0.0833. The molecule has 0 aliphatic rings. The lowest BCUT2D eigenvalue weighted by Gasteiger charge is -2.12. The fourth-order valence-corrected chi connectivity index (χ4v) is 3.28. The van der Waals surface area contributed by atoms with Gasteiger partial charge in [-0.15, -0.1) is 0 Å². The van der Waals surface area contributed by atoms with Crippen molar-refractivity contribution in [3.8, 4) is 5.75 Å². The second-order valence-electron chi connectivity index (χ2n) is 7.15. The highest BCUT2D eigenvalue weighted by molar-refractivity contribution is 6.31. The predicted octanol–water partition coefficient (Wildman–Crippen LogP) is 5.97. The monoisotopic (exact) mass is 475 g/mol. The Morgan fingerprint density at radius 3 is 2.29 bits per heavy atom. The number of aryl methyl sites for hydroxylation is 1. The molecule has 0 saturated carbocycles. The first kappa shape index (κ1) is 22.8. The maximum absolute atomic E-state index is 12.4. The summed E-state index contributed by atoms with van der Waals surface area (Å²) in [7, 11) is 1.52. The number of pyridine rings is 1. The minimum Gasteiger partial charge on any atom is -0.495 e. The number of hydrogen-bond donors (Lipinski definition) is 4. The molecule has 4 rings (SSSR count). The molecule has 0 fully saturated rings. The Morgan fingerprint density at radius 2 is 1.59 bits per heavy atom. The van der Waals surface area contributed by atoms with E-state index in [0.717, 1.165) is 5.69 Å². The summed E-state index contributed by atoms with van der Waals surface area (Å²) >= 11 is 6.01. The molecular formula is C24H22ClN7O2. The number of amides is 2. The van der Waals surface area contributed by atoms with Crippen molar-refractivity contribution in [2.75, 3.05) is 28.4 Å². The zero-order valence-corrected chi connectivity index (χ0v) is 19.2. The number of carbonyl (C=O) groups excluding carboxylic acids is 1. The summed E-state index contributed by atoms with van der Waals surface area (Å²) in [6, 6.07) is 19.2. The van der Waals surface area contributed by atoms with Gasteiger partial charge in [-0.05, 0) is 61.5 Å². The van der Waals surface area contributed by atoms with E-state index < -0.39 is 6.03 Å². The molecule has 34 heavy (non-hydrogen) atoms. The third-order valence-corrected chi connectivity index (χ3v) is 4.82. The smallest absolute Gasteiger partial charge is 0.323 e. The van der Waals surface area contributed by atoms with Crippen LogP contribution in [-0.4, -0.2) is 28.1 Å². The molecule has 2 amide bonds. The standard InChI is InChI=1S/C24H22ClN7O2/c1-15-27-22(14-23(28-15)32-21-5-3-4-12-26-21)29-17-7-9-18(10-8-17)30-24(33)31-19-13-16(25)6-11-20(19)34-2/h3-14H,1-2H3,(H2,30,31,33)(H2,26,27,28,29,32). The Kier molecular flexibility index (Phi) is 7.04. The summed E-state index contributed by atoms with van der Waals surface area (Å²) in [5, 5.41) is 12.4. The van der Waals surface area contributed by atoms with Gasteiger partial charge in [0.05, 0.1) is 12.8 Å². The van der Waals surface area contributed by atoms with Gasteiger partial charge in [-0.25, -0.2) is 19.7 Å². The van der Waals surface area contributed by atoms with E-state index >= 15 is 0 Å². The second-order valence-corrected chi connectivity index (χ2v) is 7.59. The molecule has 0 bridgehead atoms. The Balaban J connectivity index is 1.39. The van der Waals surface area contributed by atoms with Gasteiger partial charge in [0.25, 0.3) is 0 Å². The lowest BCUT2D eigenvalue weighted by Crippen LogP contribution is -2.19. The van der Waals surface area contributed by atoms with Crippen LogP contribution in [0.15, 0.2) is 72.9 Å². The molecule has 0 atom stereocenters. The minimum atomic E-state index is -0.419. The van der Waals surface area contributed by atoms with Crippen molar-refractivity contribution in [2.45, 2.75) is 6.92 Å². The van der Waals surface area contributed by atoms with Gasteiger partial charge in [0.2, 0.25) is 0 Å². The SMILES string of the molecule is COc1ccc(Cl)cc1NC(=O)Nc1ccc(Nc2cc(Nc3ccccn3)nc(C)n2)cc1. The van der Waals surface area contributed by atoms with Gasteiger partial charge in [-0.3, -0.25) is 0 Å². The Labute approximate surface area is 201 Å². The Bertz CT molecular complexity index is 1280. The first-order valence-electron chi connectivity index (χ1n) is 10.3. The molecule has 0 unspecified atom stereocenters. The highest BCUT2D eigenvalue weighted by Crippen LogP contribution is 2.28. The van der Waals surface area contributed by atoms with Crippen LogP contribution in [0.3, 0.4) is 0 Å². The van der Waals surface area contributed by atoms with Gasteiger partial charge in [0.1, 0.15) is 29.0 Å². The molecule has 2 aromatic heterocycles. The topological polar surface area (TPSA) is 113 Å². The van der Waals surface area contributed by atoms with Crippen LogP contribution in [0.4, 0.5) is 39.3 Å². The maximum atomic E-state index is 12.4. The molecule has 0 saturated heterocycles. The third kappa shape index (κ3) is 6.11. The van der Waals surface area contributed by atoms with Gasteiger partial charge < -0.3 is 26.0 Å². The number of anilines is 6. The molecule has 0 aliphatic carbocycles. The largest absolute Gasteiger partial charge is 0.495 e. The molecule has 10 heteroatoms. The first-order chi connectivity index (χ1) is 16.5. The van der Waals surface area contributed by atoms with Crippen molar-refractivity contribution < 1.29 is 9.53 Å². The minimum absolute atomic E-state index is 0.419. The van der Waals surface area contributed by atoms with Crippen molar-refractivity contribution in [1.29, 1.82) is 0 Å². The highest BCUT2D eigenvalue weighted by atomic mass is 35.5. The van der Waals surface area contributed by atoms with Gasteiger partial charge in [0.15, 0.2) is 0 Å². The number of nitrogens with zero attached hydrogens (tertiary/aromatic N) is 3. The highest BCUT2D eigenvalue weighted by Gasteiger charge is 2.09. The summed E-state index contributed by atoms with van der Waals surface area (Å²) < 4.78 is 5.25. The van der Waals surface area contributed by atoms with E-state index in [1.165, 1.54) is 7.11 Å². The zero-order chi connectivity index (χ0) is 23.9. The first-order valence-corrected chi connectivity index (χ1v) is 10.7. The average molecular weight is 476 g/mol. The number of hydrogen-bond acceptors (Lipinski definition) is 7. The van der Waals surface area contributed by atoms with E-state index in [4.69, 9.17) is 16.3 Å². The van der Waals surface area contributed by atoms with Crippen molar-refractivity contribution in [3.05, 3.63) is 83.8 Å². The van der Waals surface area contributed by atoms with Crippen LogP contribution in [0.5, 0.6) is 5.75 Å². The lowest BCUT2D eigenvalue weighted by molar-refractivity contribution is 0.262. The Morgan fingerprint density at radius 1 is 0.853 bits per heavy atom. The normalized spacial score (nSPS) is 10.3. The molecule has 0 aliphatic heterocycles. The summed E-state index contributed by atoms with van der Waals surface area (Å²) in [5.41, 5.74) is 1.88. The molecule has 4 N–H and O–H groups in total. The fourth-order valence-electron chi connectivity index (χ4n) is 3.11. The molecular weight excluding hydrogens is 454 g/mol. The number of halogens is 1. The van der Waals surface area contributed by atoms with Crippen LogP contribution in [0.25, 0.3) is 0 Å². The maximum Gasteiger partial charge on any atom is 0.323 e. The molecule has 172 valence electrons. The number of methoxy groups -OCH3 is 1. The third-order valence-electron chi connectivity index (χ3n) is 4.58. The van der Waals surface area contributed by atoms with Crippen LogP contribution in [0, 0.1) is 6.92 Å². The van der Waals surface area contributed by atoms with Crippen LogP contribution < -0.4 is 26.0 Å². The quantitative estimate of drug-likeness (QED) is 0.260. The number of ether oxygens (including phenoxy) is 1. The van der Waals surface area contributed by atoms with E-state index in [0.29, 0.717) is 45.4 Å². The molecule has 0 radical (unpaired) electrons. The second kappa shape index (κ2) is 10.5. The van der Waals surface area contributed by atoms with Crippen LogP contribution in [-0.2, 0) is 0 Å². The number of benzene rings is 2. The summed E-state index contributed by atoms with van der Waals surface area (Å²) in [4.78, 5) is 25.5. The summed E-state index contributed by atoms with van der Waals surface area (Å²) in [5.74, 6) is 3.05. The zero-order valence-electron chi connectivity index (χ0n) is 18.5. The van der Waals surface area contributed by atoms with Crippen molar-refractivity contribution in [2.24, 2.45) is 0 Å². The Hall–Kier alpha value is -4.37. The number of carbonyl (C=O) groups is 1. The number of urea groups is 1. The molecule has 2 aromatic carbocycles. The van der Waals surface area contributed by atoms with Crippen molar-refractivity contribution >= 4 is 52.1 Å². The van der Waals surface area contributed by atoms with Gasteiger partial charge >= 0.3 is 6.03 Å². The van der Waals surface area contributed by atoms with Crippen LogP contribution >= 0.6 is 11.6 Å². The molecule has 0 spiro atoms. The van der Waals surface area contributed by atoms with Crippen LogP contribution in [0.1, 0.15) is 5.82 Å². The summed E-state index contributed by atoms with van der Waals surface area (Å²) in [6.45, 7) is 1.81. The van der Waals surface area contributed by atoms with Gasteiger partial charge in [0, 0.05) is 28.7 Å². The van der Waals surface area contributed by atoms with E-state index in [9.17, 15) is 4.79 Å². The number of rotatable bonds is 7. The van der Waals surface area contributed by atoms with E-state index in [1.54, 1.807) is 42.6 Å². The average Bonchev–Trinajstić information content (AvgIpc) is 2.81. The van der Waals surface area contributed by atoms with E-state index in [-0.39, 0.29) is 0 Å². The number of nitrogens with one attached hydrogen (secondary N) is 4. The number of aromatic nitrogens is 3. The molecule has 4 aromatic rings. The van der Waals surface area contributed by atoms with E-state index in [2.05, 4.69) is 36.2 Å². The van der Waals surface area contributed by atoms with E-state index in [1.807, 2.05) is 37.3 Å². The van der Waals surface area contributed by atoms with Crippen LogP contribution in [0.2, 0.25) is 5.02 Å². The molecule has 9 nitrogen and oxygen atoms in total. The predicted molar refractivity (Wildman–Crippen MR) is 135 cm³/mol. The lowest BCUT2D eigenvalue weighted by atomic mass is 10.2. The van der Waals surface area contributed by atoms with Gasteiger partial charge in [-0.1, -0.05) is 17.7 Å².